The van der Waals surface area contributed by atoms with Crippen LogP contribution in [-0.4, -0.2) is 37.5 Å². The second-order valence-corrected chi connectivity index (χ2v) is 5.38. The molecule has 0 saturated carbocycles. The Morgan fingerprint density at radius 2 is 1.57 bits per heavy atom. The van der Waals surface area contributed by atoms with Crippen LogP contribution in [0.2, 0.25) is 0 Å². The average Bonchev–Trinajstić information content (AvgIpc) is 2.52. The van der Waals surface area contributed by atoms with Crippen molar-refractivity contribution in [3.05, 3.63) is 71.8 Å². The molecule has 0 radical (unpaired) electrons. The first-order valence-corrected chi connectivity index (χ1v) is 7.20. The number of nitrogens with one attached hydrogen (secondary N) is 1. The maximum Gasteiger partial charge on any atom is 0.251 e. The van der Waals surface area contributed by atoms with Gasteiger partial charge in [-0.3, -0.25) is 4.79 Å². The molecule has 1 atom stereocenters. The fourth-order valence-electron chi connectivity index (χ4n) is 2.23. The fraction of sp³-hybridized carbons (Fsp3) is 0.278. The van der Waals surface area contributed by atoms with Gasteiger partial charge < -0.3 is 10.2 Å². The number of hydrogen-bond donors (Lipinski definition) is 1. The van der Waals surface area contributed by atoms with E-state index in [1.54, 1.807) is 0 Å². The lowest BCUT2D eigenvalue weighted by Crippen LogP contribution is -2.41. The molecule has 3 heteroatoms. The Morgan fingerprint density at radius 1 is 1.00 bits per heavy atom. The smallest absolute Gasteiger partial charge is 0.251 e. The van der Waals surface area contributed by atoms with E-state index < -0.39 is 0 Å². The Morgan fingerprint density at radius 3 is 2.14 bits per heavy atom. The molecular formula is C18H22N2O. The lowest BCUT2D eigenvalue weighted by molar-refractivity contribution is 0.0941. The third-order valence-corrected chi connectivity index (χ3v) is 3.58. The maximum absolute atomic E-state index is 12.1. The molecule has 110 valence electrons. The minimum absolute atomic E-state index is 0.0180. The predicted molar refractivity (Wildman–Crippen MR) is 86.4 cm³/mol. The minimum Gasteiger partial charge on any atom is -0.350 e. The molecule has 1 unspecified atom stereocenters. The molecule has 21 heavy (non-hydrogen) atoms. The van der Waals surface area contributed by atoms with Gasteiger partial charge in [-0.25, -0.2) is 0 Å². The Balaban J connectivity index is 1.93. The highest BCUT2D eigenvalue weighted by molar-refractivity contribution is 5.94. The van der Waals surface area contributed by atoms with Crippen LogP contribution in [-0.2, 0) is 6.42 Å². The van der Waals surface area contributed by atoms with Gasteiger partial charge >= 0.3 is 0 Å². The second-order valence-electron chi connectivity index (χ2n) is 5.38. The normalized spacial score (nSPS) is 12.1. The summed E-state index contributed by atoms with van der Waals surface area (Å²) in [6.45, 7) is 0.635. The number of carbonyl (C=O) groups excluding carboxylic acids is 1. The topological polar surface area (TPSA) is 32.3 Å². The Bertz CT molecular complexity index is 552. The molecule has 1 amide bonds. The summed E-state index contributed by atoms with van der Waals surface area (Å²) >= 11 is 0. The molecule has 0 saturated heterocycles. The highest BCUT2D eigenvalue weighted by atomic mass is 16.1. The molecule has 0 bridgehead atoms. The standard InChI is InChI=1S/C18H22N2O/c1-20(2)17(13-15-9-5-3-6-10-15)14-19-18(21)16-11-7-4-8-12-16/h3-12,17H,13-14H2,1-2H3,(H,19,21). The number of rotatable bonds is 6. The summed E-state index contributed by atoms with van der Waals surface area (Å²) < 4.78 is 0. The second kappa shape index (κ2) is 7.60. The molecule has 2 aromatic carbocycles. The van der Waals surface area contributed by atoms with E-state index in [2.05, 4.69) is 22.3 Å². The van der Waals surface area contributed by atoms with Gasteiger partial charge in [-0.15, -0.1) is 0 Å². The van der Waals surface area contributed by atoms with E-state index in [0.29, 0.717) is 12.1 Å². The van der Waals surface area contributed by atoms with Crippen molar-refractivity contribution in [3.63, 3.8) is 0 Å². The quantitative estimate of drug-likeness (QED) is 0.883. The summed E-state index contributed by atoms with van der Waals surface area (Å²) in [6.07, 6.45) is 0.920. The summed E-state index contributed by atoms with van der Waals surface area (Å²) in [6, 6.07) is 20.0. The van der Waals surface area contributed by atoms with Gasteiger partial charge in [0.2, 0.25) is 0 Å². The zero-order valence-corrected chi connectivity index (χ0v) is 12.6. The predicted octanol–water partition coefficient (Wildman–Crippen LogP) is 2.59. The van der Waals surface area contributed by atoms with Gasteiger partial charge in [0.05, 0.1) is 0 Å². The number of hydrogen-bond acceptors (Lipinski definition) is 2. The lowest BCUT2D eigenvalue weighted by Gasteiger charge is -2.24. The summed E-state index contributed by atoms with van der Waals surface area (Å²) in [5.41, 5.74) is 1.99. The van der Waals surface area contributed by atoms with Crippen molar-refractivity contribution >= 4 is 5.91 Å². The molecule has 2 aromatic rings. The van der Waals surface area contributed by atoms with Crippen molar-refractivity contribution in [2.75, 3.05) is 20.6 Å². The van der Waals surface area contributed by atoms with E-state index in [4.69, 9.17) is 0 Å². The molecule has 0 aliphatic rings. The first-order chi connectivity index (χ1) is 10.2. The summed E-state index contributed by atoms with van der Waals surface area (Å²) in [7, 11) is 4.09. The van der Waals surface area contributed by atoms with E-state index in [-0.39, 0.29) is 11.9 Å². The van der Waals surface area contributed by atoms with Gasteiger partial charge in [-0.2, -0.15) is 0 Å². The Kier molecular flexibility index (Phi) is 5.52. The van der Waals surface area contributed by atoms with Gasteiger partial charge in [0.1, 0.15) is 0 Å². The molecule has 0 heterocycles. The van der Waals surface area contributed by atoms with Crippen molar-refractivity contribution < 1.29 is 4.79 Å². The van der Waals surface area contributed by atoms with Crippen LogP contribution in [0, 0.1) is 0 Å². The molecule has 0 aliphatic carbocycles. The van der Waals surface area contributed by atoms with Crippen LogP contribution in [0.15, 0.2) is 60.7 Å². The van der Waals surface area contributed by atoms with Crippen molar-refractivity contribution in [3.8, 4) is 0 Å². The largest absolute Gasteiger partial charge is 0.350 e. The summed E-state index contributed by atoms with van der Waals surface area (Å²) in [5.74, 6) is -0.0180. The SMILES string of the molecule is CN(C)C(CNC(=O)c1ccccc1)Cc1ccccc1. The molecule has 0 aromatic heterocycles. The zero-order valence-electron chi connectivity index (χ0n) is 12.6. The van der Waals surface area contributed by atoms with Crippen molar-refractivity contribution in [1.82, 2.24) is 10.2 Å². The minimum atomic E-state index is -0.0180. The highest BCUT2D eigenvalue weighted by Crippen LogP contribution is 2.06. The monoisotopic (exact) mass is 282 g/mol. The van der Waals surface area contributed by atoms with Gasteiger partial charge in [-0.05, 0) is 38.2 Å². The molecule has 0 aliphatic heterocycles. The van der Waals surface area contributed by atoms with Crippen molar-refractivity contribution in [2.24, 2.45) is 0 Å². The number of nitrogens with zero attached hydrogens (tertiary/aromatic N) is 1. The van der Waals surface area contributed by atoms with E-state index >= 15 is 0 Å². The lowest BCUT2D eigenvalue weighted by atomic mass is 10.1. The van der Waals surface area contributed by atoms with E-state index in [1.165, 1.54) is 5.56 Å². The first-order valence-electron chi connectivity index (χ1n) is 7.20. The van der Waals surface area contributed by atoms with E-state index in [1.807, 2.05) is 62.6 Å². The molecular weight excluding hydrogens is 260 g/mol. The van der Waals surface area contributed by atoms with Gasteiger partial charge in [0.15, 0.2) is 0 Å². The van der Waals surface area contributed by atoms with E-state index in [0.717, 1.165) is 6.42 Å². The molecule has 3 nitrogen and oxygen atoms in total. The van der Waals surface area contributed by atoms with Crippen LogP contribution in [0.3, 0.4) is 0 Å². The van der Waals surface area contributed by atoms with Crippen LogP contribution in [0.1, 0.15) is 15.9 Å². The molecule has 1 N–H and O–H groups in total. The van der Waals surface area contributed by atoms with Gasteiger partial charge in [-0.1, -0.05) is 48.5 Å². The fourth-order valence-corrected chi connectivity index (χ4v) is 2.23. The van der Waals surface area contributed by atoms with Crippen LogP contribution in [0.5, 0.6) is 0 Å². The van der Waals surface area contributed by atoms with Gasteiger partial charge in [0.25, 0.3) is 5.91 Å². The number of benzene rings is 2. The zero-order chi connectivity index (χ0) is 15.1. The van der Waals surface area contributed by atoms with Crippen LogP contribution in [0.25, 0.3) is 0 Å². The molecule has 2 rings (SSSR count). The van der Waals surface area contributed by atoms with Crippen LogP contribution in [0.4, 0.5) is 0 Å². The van der Waals surface area contributed by atoms with E-state index in [9.17, 15) is 4.79 Å². The number of amides is 1. The van der Waals surface area contributed by atoms with Crippen molar-refractivity contribution in [2.45, 2.75) is 12.5 Å². The average molecular weight is 282 g/mol. The Labute approximate surface area is 126 Å². The number of carbonyl (C=O) groups is 1. The van der Waals surface area contributed by atoms with Gasteiger partial charge in [0, 0.05) is 18.2 Å². The first kappa shape index (κ1) is 15.3. The number of likely N-dealkylation sites (N-methyl/N-ethyl adjacent to an activating group) is 1. The summed E-state index contributed by atoms with van der Waals surface area (Å²) in [4.78, 5) is 14.2. The molecule has 0 fully saturated rings. The van der Waals surface area contributed by atoms with Crippen LogP contribution >= 0.6 is 0 Å². The van der Waals surface area contributed by atoms with Crippen molar-refractivity contribution in [1.29, 1.82) is 0 Å². The third-order valence-electron chi connectivity index (χ3n) is 3.58. The summed E-state index contributed by atoms with van der Waals surface area (Å²) in [5, 5.41) is 3.02. The Hall–Kier alpha value is -2.13. The van der Waals surface area contributed by atoms with Crippen LogP contribution < -0.4 is 5.32 Å². The highest BCUT2D eigenvalue weighted by Gasteiger charge is 2.14. The maximum atomic E-state index is 12.1. The third kappa shape index (κ3) is 4.72. The molecule has 0 spiro atoms.